The zero-order valence-electron chi connectivity index (χ0n) is 20.5. The number of hydrogen-bond acceptors (Lipinski definition) is 2. The Morgan fingerprint density at radius 1 is 0.875 bits per heavy atom. The third-order valence-electron chi connectivity index (χ3n) is 6.36. The summed E-state index contributed by atoms with van der Waals surface area (Å²) >= 11 is 0. The molecule has 1 unspecified atom stereocenters. The topological polar surface area (TPSA) is 29.5 Å². The second-order valence-corrected chi connectivity index (χ2v) is 10.2. The molecular formula is C30H38O2. The van der Waals surface area contributed by atoms with Gasteiger partial charge in [0.1, 0.15) is 18.1 Å². The summed E-state index contributed by atoms with van der Waals surface area (Å²) in [6, 6.07) is 22.9. The molecule has 3 aromatic carbocycles. The Morgan fingerprint density at radius 3 is 2.25 bits per heavy atom. The van der Waals surface area contributed by atoms with Crippen LogP contribution in [0.25, 0.3) is 0 Å². The molecule has 3 aromatic rings. The van der Waals surface area contributed by atoms with Gasteiger partial charge in [-0.3, -0.25) is 0 Å². The highest BCUT2D eigenvalue weighted by Crippen LogP contribution is 2.38. The second kappa shape index (κ2) is 10.3. The Kier molecular flexibility index (Phi) is 7.66. The first-order chi connectivity index (χ1) is 15.2. The maximum Gasteiger partial charge on any atom is 0.123 e. The number of aromatic hydroxyl groups is 1. The summed E-state index contributed by atoms with van der Waals surface area (Å²) < 4.78 is 6.02. The van der Waals surface area contributed by atoms with Gasteiger partial charge < -0.3 is 9.84 Å². The second-order valence-electron chi connectivity index (χ2n) is 10.2. The molecule has 0 saturated carbocycles. The van der Waals surface area contributed by atoms with Gasteiger partial charge in [0.15, 0.2) is 0 Å². The fourth-order valence-corrected chi connectivity index (χ4v) is 4.81. The zero-order valence-corrected chi connectivity index (χ0v) is 20.5. The lowest BCUT2D eigenvalue weighted by Crippen LogP contribution is -2.22. The van der Waals surface area contributed by atoms with Crippen molar-refractivity contribution in [2.75, 3.05) is 0 Å². The number of phenols is 1. The first-order valence-electron chi connectivity index (χ1n) is 11.8. The van der Waals surface area contributed by atoms with E-state index >= 15 is 0 Å². The molecule has 0 fully saturated rings. The van der Waals surface area contributed by atoms with Gasteiger partial charge in [-0.2, -0.15) is 0 Å². The number of ether oxygens (including phenoxy) is 1. The molecular weight excluding hydrogens is 392 g/mol. The lowest BCUT2D eigenvalue weighted by molar-refractivity contribution is 0.302. The first kappa shape index (κ1) is 23.9. The molecule has 0 amide bonds. The average Bonchev–Trinajstić information content (AvgIpc) is 2.73. The molecule has 0 spiro atoms. The fraction of sp³-hybridized carbons (Fsp3) is 0.400. The molecule has 0 radical (unpaired) electrons. The summed E-state index contributed by atoms with van der Waals surface area (Å²) in [5.74, 6) is 2.02. The molecule has 32 heavy (non-hydrogen) atoms. The van der Waals surface area contributed by atoms with Crippen LogP contribution in [0.5, 0.6) is 11.5 Å². The lowest BCUT2D eigenvalue weighted by atomic mass is 9.76. The number of hydrogen-bond donors (Lipinski definition) is 1. The van der Waals surface area contributed by atoms with Gasteiger partial charge in [0.05, 0.1) is 0 Å². The molecule has 0 aliphatic heterocycles. The Morgan fingerprint density at radius 2 is 1.59 bits per heavy atom. The summed E-state index contributed by atoms with van der Waals surface area (Å²) in [6.45, 7) is 13.8. The van der Waals surface area contributed by atoms with Gasteiger partial charge in [0, 0.05) is 6.07 Å². The van der Waals surface area contributed by atoms with E-state index in [-0.39, 0.29) is 5.41 Å². The van der Waals surface area contributed by atoms with Crippen LogP contribution in [0.3, 0.4) is 0 Å². The van der Waals surface area contributed by atoms with Crippen molar-refractivity contribution in [2.45, 2.75) is 72.3 Å². The van der Waals surface area contributed by atoms with Crippen molar-refractivity contribution >= 4 is 0 Å². The van der Waals surface area contributed by atoms with E-state index in [1.165, 1.54) is 16.7 Å². The molecule has 2 heteroatoms. The van der Waals surface area contributed by atoms with Crippen molar-refractivity contribution in [3.05, 3.63) is 94.5 Å². The average molecular weight is 431 g/mol. The third kappa shape index (κ3) is 6.16. The largest absolute Gasteiger partial charge is 0.508 e. The zero-order chi connectivity index (χ0) is 23.3. The highest BCUT2D eigenvalue weighted by molar-refractivity contribution is 5.44. The van der Waals surface area contributed by atoms with Gasteiger partial charge in [-0.05, 0) is 70.9 Å². The van der Waals surface area contributed by atoms with Gasteiger partial charge in [0.25, 0.3) is 0 Å². The van der Waals surface area contributed by atoms with Crippen molar-refractivity contribution < 1.29 is 9.84 Å². The van der Waals surface area contributed by atoms with Crippen LogP contribution >= 0.6 is 0 Å². The Labute approximate surface area is 194 Å². The predicted molar refractivity (Wildman–Crippen MR) is 135 cm³/mol. The molecule has 0 saturated heterocycles. The Bertz CT molecular complexity index is 1020. The van der Waals surface area contributed by atoms with Crippen LogP contribution in [0, 0.1) is 12.8 Å². The minimum atomic E-state index is -0.125. The van der Waals surface area contributed by atoms with Crippen molar-refractivity contribution in [1.82, 2.24) is 0 Å². The van der Waals surface area contributed by atoms with E-state index in [4.69, 9.17) is 4.74 Å². The number of aryl methyl sites for hydroxylation is 1. The number of phenolic OH excluding ortho intramolecular Hbond substituents is 1. The van der Waals surface area contributed by atoms with Gasteiger partial charge >= 0.3 is 0 Å². The summed E-state index contributed by atoms with van der Waals surface area (Å²) in [4.78, 5) is 0. The van der Waals surface area contributed by atoms with Gasteiger partial charge in [-0.15, -0.1) is 0 Å². The highest BCUT2D eigenvalue weighted by atomic mass is 16.5. The molecule has 0 aliphatic rings. The SMILES string of the molecule is Cc1ccc(COc2ccc(C(C)(C)CC(C)Cc3ccccc3)c(O)c2)cc1C(C)C. The molecule has 2 nitrogen and oxygen atoms in total. The monoisotopic (exact) mass is 430 g/mol. The number of benzene rings is 3. The van der Waals surface area contributed by atoms with E-state index in [1.807, 2.05) is 12.1 Å². The predicted octanol–water partition coefficient (Wildman–Crippen LogP) is 7.95. The summed E-state index contributed by atoms with van der Waals surface area (Å²) in [7, 11) is 0. The van der Waals surface area contributed by atoms with E-state index in [0.717, 1.165) is 24.0 Å². The van der Waals surface area contributed by atoms with Crippen molar-refractivity contribution in [3.8, 4) is 11.5 Å². The first-order valence-corrected chi connectivity index (χ1v) is 11.8. The van der Waals surface area contributed by atoms with Crippen LogP contribution in [-0.2, 0) is 18.4 Å². The van der Waals surface area contributed by atoms with E-state index in [0.29, 0.717) is 29.9 Å². The Balaban J connectivity index is 1.65. The summed E-state index contributed by atoms with van der Waals surface area (Å²) in [5, 5.41) is 10.8. The molecule has 0 aromatic heterocycles. The van der Waals surface area contributed by atoms with Crippen LogP contribution in [0.15, 0.2) is 66.7 Å². The molecule has 1 N–H and O–H groups in total. The van der Waals surface area contributed by atoms with E-state index < -0.39 is 0 Å². The molecule has 3 rings (SSSR count). The van der Waals surface area contributed by atoms with Crippen LogP contribution in [0.4, 0.5) is 0 Å². The molecule has 0 bridgehead atoms. The maximum absolute atomic E-state index is 10.8. The van der Waals surface area contributed by atoms with Gasteiger partial charge in [-0.25, -0.2) is 0 Å². The van der Waals surface area contributed by atoms with Crippen molar-refractivity contribution in [3.63, 3.8) is 0 Å². The lowest BCUT2D eigenvalue weighted by Gasteiger charge is -2.29. The maximum atomic E-state index is 10.8. The van der Waals surface area contributed by atoms with Crippen molar-refractivity contribution in [1.29, 1.82) is 0 Å². The van der Waals surface area contributed by atoms with Crippen LogP contribution in [0.1, 0.15) is 74.8 Å². The molecule has 170 valence electrons. The molecule has 0 aliphatic carbocycles. The smallest absolute Gasteiger partial charge is 0.123 e. The summed E-state index contributed by atoms with van der Waals surface area (Å²) in [6.07, 6.45) is 2.04. The fourth-order valence-electron chi connectivity index (χ4n) is 4.81. The summed E-state index contributed by atoms with van der Waals surface area (Å²) in [5.41, 5.74) is 6.03. The third-order valence-corrected chi connectivity index (χ3v) is 6.36. The molecule has 1 atom stereocenters. The van der Waals surface area contributed by atoms with Gasteiger partial charge in [-0.1, -0.05) is 89.2 Å². The van der Waals surface area contributed by atoms with Gasteiger partial charge in [0.2, 0.25) is 0 Å². The number of rotatable bonds is 9. The standard InChI is InChI=1S/C30H38O2/c1-21(2)27-17-25(13-12-23(27)4)20-32-26-14-15-28(29(31)18-26)30(5,6)19-22(3)16-24-10-8-7-9-11-24/h7-15,17-18,21-22,31H,16,19-20H2,1-6H3. The van der Waals surface area contributed by atoms with E-state index in [1.54, 1.807) is 6.07 Å². The Hall–Kier alpha value is -2.74. The van der Waals surface area contributed by atoms with Crippen LogP contribution in [-0.4, -0.2) is 5.11 Å². The van der Waals surface area contributed by atoms with E-state index in [2.05, 4.69) is 90.1 Å². The van der Waals surface area contributed by atoms with Crippen molar-refractivity contribution in [2.24, 2.45) is 5.92 Å². The minimum Gasteiger partial charge on any atom is -0.508 e. The highest BCUT2D eigenvalue weighted by Gasteiger charge is 2.26. The molecule has 0 heterocycles. The van der Waals surface area contributed by atoms with Crippen LogP contribution < -0.4 is 4.74 Å². The van der Waals surface area contributed by atoms with E-state index in [9.17, 15) is 5.11 Å². The minimum absolute atomic E-state index is 0.125. The quantitative estimate of drug-likeness (QED) is 0.373. The normalized spacial score (nSPS) is 12.7. The van der Waals surface area contributed by atoms with Crippen LogP contribution in [0.2, 0.25) is 0 Å².